The van der Waals surface area contributed by atoms with Crippen molar-refractivity contribution in [1.29, 1.82) is 0 Å². The lowest BCUT2D eigenvalue weighted by atomic mass is 9.86. The Balaban J connectivity index is 1.80. The predicted molar refractivity (Wildman–Crippen MR) is 85.0 cm³/mol. The molecule has 2 fully saturated rings. The van der Waals surface area contributed by atoms with Crippen molar-refractivity contribution in [3.05, 3.63) is 35.4 Å². The van der Waals surface area contributed by atoms with Gasteiger partial charge in [0.15, 0.2) is 0 Å². The molecule has 1 atom stereocenters. The summed E-state index contributed by atoms with van der Waals surface area (Å²) < 4.78 is 0. The van der Waals surface area contributed by atoms with E-state index < -0.39 is 0 Å². The number of rotatable bonds is 3. The number of nitrogens with one attached hydrogen (secondary N) is 1. The van der Waals surface area contributed by atoms with Crippen molar-refractivity contribution >= 4 is 0 Å². The third-order valence-electron chi connectivity index (χ3n) is 4.73. The molecule has 3 rings (SSSR count). The van der Waals surface area contributed by atoms with Crippen LogP contribution in [0.25, 0.3) is 0 Å². The van der Waals surface area contributed by atoms with Gasteiger partial charge in [-0.1, -0.05) is 45.0 Å². The monoisotopic (exact) mass is 272 g/mol. The molecule has 0 radical (unpaired) electrons. The topological polar surface area (TPSA) is 15.3 Å². The van der Waals surface area contributed by atoms with E-state index >= 15 is 0 Å². The van der Waals surface area contributed by atoms with Gasteiger partial charge >= 0.3 is 0 Å². The molecule has 1 unspecified atom stereocenters. The second-order valence-electron chi connectivity index (χ2n) is 7.44. The summed E-state index contributed by atoms with van der Waals surface area (Å²) in [4.78, 5) is 2.69. The van der Waals surface area contributed by atoms with Gasteiger partial charge in [-0.3, -0.25) is 4.90 Å². The van der Waals surface area contributed by atoms with Crippen LogP contribution in [0.3, 0.4) is 0 Å². The molecule has 1 aliphatic heterocycles. The number of benzene rings is 1. The highest BCUT2D eigenvalue weighted by molar-refractivity contribution is 5.30. The highest BCUT2D eigenvalue weighted by atomic mass is 15.2. The van der Waals surface area contributed by atoms with E-state index in [1.165, 1.54) is 37.1 Å². The summed E-state index contributed by atoms with van der Waals surface area (Å²) in [6, 6.07) is 10.1. The summed E-state index contributed by atoms with van der Waals surface area (Å²) in [5.41, 5.74) is 3.22. The van der Waals surface area contributed by atoms with Crippen molar-refractivity contribution in [3.63, 3.8) is 0 Å². The van der Waals surface area contributed by atoms with Crippen LogP contribution >= 0.6 is 0 Å². The van der Waals surface area contributed by atoms with Crippen LogP contribution in [0, 0.1) is 5.92 Å². The highest BCUT2D eigenvalue weighted by Gasteiger charge is 2.36. The van der Waals surface area contributed by atoms with E-state index in [1.807, 2.05) is 0 Å². The van der Waals surface area contributed by atoms with Gasteiger partial charge in [-0.15, -0.1) is 0 Å². The maximum atomic E-state index is 3.47. The molecule has 2 heteroatoms. The van der Waals surface area contributed by atoms with Crippen LogP contribution in [0.5, 0.6) is 0 Å². The van der Waals surface area contributed by atoms with E-state index in [2.05, 4.69) is 55.3 Å². The predicted octanol–water partition coefficient (Wildman–Crippen LogP) is 3.34. The first-order valence-electron chi connectivity index (χ1n) is 8.11. The van der Waals surface area contributed by atoms with Crippen LogP contribution in [0.4, 0.5) is 0 Å². The molecule has 2 aliphatic rings. The van der Waals surface area contributed by atoms with Gasteiger partial charge in [0.25, 0.3) is 0 Å². The van der Waals surface area contributed by atoms with Crippen LogP contribution in [-0.4, -0.2) is 31.1 Å². The Kier molecular flexibility index (Phi) is 3.87. The summed E-state index contributed by atoms with van der Waals surface area (Å²) in [6.07, 6.45) is 2.82. The van der Waals surface area contributed by atoms with Crippen LogP contribution in [0.15, 0.2) is 24.3 Å². The first kappa shape index (κ1) is 14.1. The zero-order valence-corrected chi connectivity index (χ0v) is 13.2. The fourth-order valence-corrected chi connectivity index (χ4v) is 3.33. The van der Waals surface area contributed by atoms with E-state index in [9.17, 15) is 0 Å². The Labute approximate surface area is 123 Å². The summed E-state index contributed by atoms with van der Waals surface area (Å²) in [5.74, 6) is 0.897. The summed E-state index contributed by atoms with van der Waals surface area (Å²) in [5, 5.41) is 3.47. The molecule has 0 amide bonds. The van der Waals surface area contributed by atoms with Gasteiger partial charge in [0, 0.05) is 32.2 Å². The third kappa shape index (κ3) is 3.07. The molecule has 1 aromatic rings. The lowest BCUT2D eigenvalue weighted by Gasteiger charge is -2.35. The molecule has 1 aromatic carbocycles. The highest BCUT2D eigenvalue weighted by Crippen LogP contribution is 2.44. The Hall–Kier alpha value is -0.860. The second kappa shape index (κ2) is 5.50. The zero-order valence-electron chi connectivity index (χ0n) is 13.2. The molecule has 0 aromatic heterocycles. The van der Waals surface area contributed by atoms with Crippen LogP contribution < -0.4 is 5.32 Å². The van der Waals surface area contributed by atoms with Gasteiger partial charge in [-0.2, -0.15) is 0 Å². The molecule has 110 valence electrons. The minimum absolute atomic E-state index is 0.253. The minimum atomic E-state index is 0.253. The van der Waals surface area contributed by atoms with Gasteiger partial charge < -0.3 is 5.32 Å². The number of hydrogen-bond donors (Lipinski definition) is 1. The average molecular weight is 272 g/mol. The van der Waals surface area contributed by atoms with Gasteiger partial charge in [-0.25, -0.2) is 0 Å². The fraction of sp³-hybridized carbons (Fsp3) is 0.667. The molecule has 1 N–H and O–H groups in total. The largest absolute Gasteiger partial charge is 0.314 e. The quantitative estimate of drug-likeness (QED) is 0.908. The Morgan fingerprint density at radius 1 is 1.05 bits per heavy atom. The van der Waals surface area contributed by atoms with E-state index in [1.54, 1.807) is 0 Å². The standard InChI is InChI=1S/C18H28N2/c1-18(2,3)16-8-6-15(7-9-16)17(14-4-5-14)20-12-10-19-11-13-20/h6-9,14,17,19H,4-5,10-13H2,1-3H3. The zero-order chi connectivity index (χ0) is 14.2. The normalized spacial score (nSPS) is 22.8. The molecule has 1 aliphatic carbocycles. The number of hydrogen-bond acceptors (Lipinski definition) is 2. The van der Waals surface area contributed by atoms with Crippen molar-refractivity contribution in [1.82, 2.24) is 10.2 Å². The SMILES string of the molecule is CC(C)(C)c1ccc(C(C2CC2)N2CCNCC2)cc1. The van der Waals surface area contributed by atoms with Crippen molar-refractivity contribution in [3.8, 4) is 0 Å². The smallest absolute Gasteiger partial charge is 0.0377 e. The fourth-order valence-electron chi connectivity index (χ4n) is 3.33. The second-order valence-corrected chi connectivity index (χ2v) is 7.44. The molecule has 20 heavy (non-hydrogen) atoms. The first-order chi connectivity index (χ1) is 9.55. The summed E-state index contributed by atoms with van der Waals surface area (Å²) >= 11 is 0. The van der Waals surface area contributed by atoms with Gasteiger partial charge in [0.1, 0.15) is 0 Å². The number of piperazine rings is 1. The summed E-state index contributed by atoms with van der Waals surface area (Å²) in [7, 11) is 0. The third-order valence-corrected chi connectivity index (χ3v) is 4.73. The van der Waals surface area contributed by atoms with E-state index in [0.29, 0.717) is 6.04 Å². The molecule has 0 spiro atoms. The van der Waals surface area contributed by atoms with Crippen LogP contribution in [-0.2, 0) is 5.41 Å². The molecule has 1 heterocycles. The molecular weight excluding hydrogens is 244 g/mol. The Morgan fingerprint density at radius 2 is 1.65 bits per heavy atom. The van der Waals surface area contributed by atoms with Gasteiger partial charge in [0.2, 0.25) is 0 Å². The maximum Gasteiger partial charge on any atom is 0.0377 e. The van der Waals surface area contributed by atoms with E-state index in [4.69, 9.17) is 0 Å². The van der Waals surface area contributed by atoms with Crippen molar-refractivity contribution in [2.45, 2.75) is 45.1 Å². The number of nitrogens with zero attached hydrogens (tertiary/aromatic N) is 1. The minimum Gasteiger partial charge on any atom is -0.314 e. The molecule has 1 saturated heterocycles. The van der Waals surface area contributed by atoms with E-state index in [-0.39, 0.29) is 5.41 Å². The van der Waals surface area contributed by atoms with Gasteiger partial charge in [0.05, 0.1) is 0 Å². The first-order valence-corrected chi connectivity index (χ1v) is 8.11. The molecule has 0 bridgehead atoms. The molecular formula is C18H28N2. The van der Waals surface area contributed by atoms with Crippen LogP contribution in [0.2, 0.25) is 0 Å². The Bertz CT molecular complexity index is 433. The molecule has 2 nitrogen and oxygen atoms in total. The van der Waals surface area contributed by atoms with E-state index in [0.717, 1.165) is 19.0 Å². The van der Waals surface area contributed by atoms with Crippen LogP contribution in [0.1, 0.15) is 50.8 Å². The summed E-state index contributed by atoms with van der Waals surface area (Å²) in [6.45, 7) is 11.5. The van der Waals surface area contributed by atoms with Crippen molar-refractivity contribution in [2.24, 2.45) is 5.92 Å². The molecule has 1 saturated carbocycles. The average Bonchev–Trinajstić information content (AvgIpc) is 3.25. The van der Waals surface area contributed by atoms with Crippen molar-refractivity contribution in [2.75, 3.05) is 26.2 Å². The lowest BCUT2D eigenvalue weighted by Crippen LogP contribution is -2.45. The van der Waals surface area contributed by atoms with Crippen molar-refractivity contribution < 1.29 is 0 Å². The maximum absolute atomic E-state index is 3.47. The Morgan fingerprint density at radius 3 is 2.15 bits per heavy atom. The van der Waals surface area contributed by atoms with Gasteiger partial charge in [-0.05, 0) is 35.3 Å². The lowest BCUT2D eigenvalue weighted by molar-refractivity contribution is 0.156.